The topological polar surface area (TPSA) is 120 Å². The summed E-state index contributed by atoms with van der Waals surface area (Å²) in [7, 11) is 0. The number of hydrogen-bond acceptors (Lipinski definition) is 7. The first-order valence-electron chi connectivity index (χ1n) is 13.6. The molecule has 0 bridgehead atoms. The fourth-order valence-electron chi connectivity index (χ4n) is 4.93. The zero-order chi connectivity index (χ0) is 28.2. The molecule has 1 aromatic carbocycles. The summed E-state index contributed by atoms with van der Waals surface area (Å²) in [6.45, 7) is 2.52. The van der Waals surface area contributed by atoms with Crippen LogP contribution >= 0.6 is 0 Å². The molecule has 0 atom stereocenters. The summed E-state index contributed by atoms with van der Waals surface area (Å²) >= 11 is 0. The molecule has 41 heavy (non-hydrogen) atoms. The molecule has 4 N–H and O–H groups in total. The molecule has 2 aliphatic rings. The molecule has 206 valence electrons. The second kappa shape index (κ2) is 11.5. The van der Waals surface area contributed by atoms with Crippen molar-refractivity contribution in [2.45, 2.75) is 32.6 Å². The van der Waals surface area contributed by atoms with Crippen molar-refractivity contribution in [2.75, 3.05) is 17.2 Å². The molecule has 0 aliphatic carbocycles. The lowest BCUT2D eigenvalue weighted by Crippen LogP contribution is -2.12. The van der Waals surface area contributed by atoms with Gasteiger partial charge >= 0.3 is 0 Å². The standard InChI is InChI=1S/C31H29FN8O/c1-2-3-9-27(41)37-21-14-20(17-33-18-21)19-15-24-22(25(32)16-19)10-13-36-40-29(24)31-38-28-23(26-8-4-5-11-34-26)7-6-12-35-30(28)39-31/h4-8,11-12,14-18,35-36H,2-3,9-10,13H2,1H3,(H,37,41)(H,38,39). The van der Waals surface area contributed by atoms with Crippen LogP contribution in [0.15, 0.2) is 78.4 Å². The quantitative estimate of drug-likeness (QED) is 0.245. The molecular weight excluding hydrogens is 519 g/mol. The zero-order valence-electron chi connectivity index (χ0n) is 22.5. The number of rotatable bonds is 7. The highest BCUT2D eigenvalue weighted by atomic mass is 19.1. The van der Waals surface area contributed by atoms with Crippen molar-refractivity contribution in [3.63, 3.8) is 0 Å². The largest absolute Gasteiger partial charge is 0.345 e. The first kappa shape index (κ1) is 26.1. The number of amides is 1. The zero-order valence-corrected chi connectivity index (χ0v) is 22.5. The van der Waals surface area contributed by atoms with Crippen LogP contribution < -0.4 is 16.1 Å². The third-order valence-corrected chi connectivity index (χ3v) is 6.96. The van der Waals surface area contributed by atoms with E-state index in [0.29, 0.717) is 64.7 Å². The van der Waals surface area contributed by atoms with E-state index >= 15 is 4.39 Å². The number of hydrazone groups is 1. The van der Waals surface area contributed by atoms with Crippen molar-refractivity contribution in [3.8, 4) is 11.1 Å². The maximum Gasteiger partial charge on any atom is 0.224 e. The molecule has 2 aliphatic heterocycles. The predicted molar refractivity (Wildman–Crippen MR) is 158 cm³/mol. The van der Waals surface area contributed by atoms with Gasteiger partial charge in [0.15, 0.2) is 11.6 Å². The van der Waals surface area contributed by atoms with E-state index in [1.54, 1.807) is 30.9 Å². The summed E-state index contributed by atoms with van der Waals surface area (Å²) in [5.74, 6) is 0.697. The molecule has 0 saturated carbocycles. The van der Waals surface area contributed by atoms with Crippen molar-refractivity contribution in [1.82, 2.24) is 25.4 Å². The lowest BCUT2D eigenvalue weighted by molar-refractivity contribution is -0.116. The van der Waals surface area contributed by atoms with Gasteiger partial charge in [-0.1, -0.05) is 19.4 Å². The lowest BCUT2D eigenvalue weighted by Gasteiger charge is -2.13. The van der Waals surface area contributed by atoms with Gasteiger partial charge in [0.1, 0.15) is 11.5 Å². The number of unbranched alkanes of at least 4 members (excludes halogenated alkanes) is 1. The van der Waals surface area contributed by atoms with Gasteiger partial charge in [0.2, 0.25) is 5.91 Å². The van der Waals surface area contributed by atoms with Crippen LogP contribution in [0.4, 0.5) is 15.9 Å². The van der Waals surface area contributed by atoms with E-state index in [1.807, 2.05) is 43.3 Å². The van der Waals surface area contributed by atoms with E-state index in [0.717, 1.165) is 29.8 Å². The molecule has 0 unspecified atom stereocenters. The summed E-state index contributed by atoms with van der Waals surface area (Å²) in [6, 6.07) is 11.0. The first-order valence-corrected chi connectivity index (χ1v) is 13.6. The molecule has 4 aromatic rings. The molecule has 9 nitrogen and oxygen atoms in total. The monoisotopic (exact) mass is 548 g/mol. The van der Waals surface area contributed by atoms with Crippen molar-refractivity contribution in [2.24, 2.45) is 5.10 Å². The Kier molecular flexibility index (Phi) is 7.36. The second-order valence-corrected chi connectivity index (χ2v) is 9.82. The third-order valence-electron chi connectivity index (χ3n) is 6.96. The van der Waals surface area contributed by atoms with Gasteiger partial charge in [0.05, 0.1) is 23.3 Å². The fourth-order valence-corrected chi connectivity index (χ4v) is 4.93. The Morgan fingerprint density at radius 1 is 1.15 bits per heavy atom. The number of anilines is 2. The number of nitrogens with zero attached hydrogens (tertiary/aromatic N) is 4. The van der Waals surface area contributed by atoms with Crippen molar-refractivity contribution < 1.29 is 9.18 Å². The van der Waals surface area contributed by atoms with Crippen molar-refractivity contribution in [3.05, 3.63) is 107 Å². The Balaban J connectivity index is 1.39. The molecule has 1 amide bonds. The number of nitrogens with one attached hydrogen (secondary N) is 4. The highest BCUT2D eigenvalue weighted by Crippen LogP contribution is 2.32. The number of allylic oxidation sites excluding steroid dienone is 2. The highest BCUT2D eigenvalue weighted by molar-refractivity contribution is 6.13. The summed E-state index contributed by atoms with van der Waals surface area (Å²) in [5, 5.41) is 10.7. The average Bonchev–Trinajstić information content (AvgIpc) is 3.14. The Labute approximate surface area is 236 Å². The van der Waals surface area contributed by atoms with Crippen LogP contribution in [0, 0.1) is 5.82 Å². The summed E-state index contributed by atoms with van der Waals surface area (Å²) < 4.78 is 15.7. The lowest BCUT2D eigenvalue weighted by atomic mass is 9.94. The minimum atomic E-state index is -0.338. The van der Waals surface area contributed by atoms with Crippen LogP contribution in [-0.2, 0) is 11.2 Å². The number of fused-ring (bicyclic) bond motifs is 2. The van der Waals surface area contributed by atoms with Gasteiger partial charge in [-0.05, 0) is 66.5 Å². The van der Waals surface area contributed by atoms with E-state index in [2.05, 4.69) is 36.1 Å². The summed E-state index contributed by atoms with van der Waals surface area (Å²) in [6.07, 6.45) is 13.3. The number of imidazole rings is 1. The second-order valence-electron chi connectivity index (χ2n) is 9.82. The van der Waals surface area contributed by atoms with Crippen LogP contribution in [-0.4, -0.2) is 38.1 Å². The number of aromatic nitrogens is 4. The number of pyridine rings is 2. The Morgan fingerprint density at radius 3 is 2.93 bits per heavy atom. The summed E-state index contributed by atoms with van der Waals surface area (Å²) in [5.41, 5.74) is 9.01. The Bertz CT molecular complexity index is 1690. The number of hydrogen-bond donors (Lipinski definition) is 4. The maximum absolute atomic E-state index is 15.7. The van der Waals surface area contributed by atoms with Crippen molar-refractivity contribution >= 4 is 28.7 Å². The number of aromatic amines is 1. The van der Waals surface area contributed by atoms with Gasteiger partial charge in [-0.2, -0.15) is 5.10 Å². The molecule has 10 heteroatoms. The maximum atomic E-state index is 15.7. The first-order chi connectivity index (χ1) is 20.1. The normalized spacial score (nSPS) is 13.9. The van der Waals surface area contributed by atoms with Crippen LogP contribution in [0.1, 0.15) is 54.5 Å². The van der Waals surface area contributed by atoms with Gasteiger partial charge in [0, 0.05) is 48.3 Å². The predicted octanol–water partition coefficient (Wildman–Crippen LogP) is 5.40. The minimum Gasteiger partial charge on any atom is -0.345 e. The molecular formula is C31H29FN8O. The van der Waals surface area contributed by atoms with Crippen LogP contribution in [0.25, 0.3) is 16.7 Å². The van der Waals surface area contributed by atoms with Crippen molar-refractivity contribution in [1.29, 1.82) is 0 Å². The number of H-pyrrole nitrogens is 1. The number of halogens is 1. The van der Waals surface area contributed by atoms with E-state index in [-0.39, 0.29) is 11.7 Å². The summed E-state index contributed by atoms with van der Waals surface area (Å²) in [4.78, 5) is 29.3. The number of carbonyl (C=O) groups is 1. The van der Waals surface area contributed by atoms with Gasteiger partial charge in [-0.3, -0.25) is 14.8 Å². The van der Waals surface area contributed by atoms with Crippen LogP contribution in [0.5, 0.6) is 0 Å². The Hall–Kier alpha value is -5.12. The molecule has 0 fully saturated rings. The van der Waals surface area contributed by atoms with Gasteiger partial charge in [-0.15, -0.1) is 0 Å². The van der Waals surface area contributed by atoms with Gasteiger partial charge < -0.3 is 21.0 Å². The van der Waals surface area contributed by atoms with E-state index in [1.165, 1.54) is 6.07 Å². The average molecular weight is 549 g/mol. The van der Waals surface area contributed by atoms with E-state index in [4.69, 9.17) is 4.98 Å². The number of carbonyl (C=O) groups excluding carboxylic acids is 1. The third kappa shape index (κ3) is 5.49. The van der Waals surface area contributed by atoms with Crippen LogP contribution in [0.3, 0.4) is 0 Å². The minimum absolute atomic E-state index is 0.0698. The SMILES string of the molecule is CCCCC(=O)Nc1cncc(-c2cc(F)c3c(c2)C(c2nc4c([nH]2)C(c2ccccn2)=CC=CN4)=NNCC3)c1. The van der Waals surface area contributed by atoms with Gasteiger partial charge in [0.25, 0.3) is 0 Å². The molecule has 0 spiro atoms. The van der Waals surface area contributed by atoms with Gasteiger partial charge in [-0.25, -0.2) is 9.37 Å². The molecule has 5 heterocycles. The molecule has 0 saturated heterocycles. The molecule has 6 rings (SSSR count). The molecule has 0 radical (unpaired) electrons. The van der Waals surface area contributed by atoms with Crippen LogP contribution in [0.2, 0.25) is 0 Å². The Morgan fingerprint density at radius 2 is 2.07 bits per heavy atom. The highest BCUT2D eigenvalue weighted by Gasteiger charge is 2.25. The van der Waals surface area contributed by atoms with E-state index < -0.39 is 0 Å². The van der Waals surface area contributed by atoms with E-state index in [9.17, 15) is 4.79 Å². The fraction of sp³-hybridized carbons (Fsp3) is 0.194. The smallest absolute Gasteiger partial charge is 0.224 e. The number of benzene rings is 1. The molecule has 3 aromatic heterocycles.